The second kappa shape index (κ2) is 6.00. The van der Waals surface area contributed by atoms with Crippen LogP contribution >= 0.6 is 23.2 Å². The number of hydrogen-bond acceptors (Lipinski definition) is 2. The quantitative estimate of drug-likeness (QED) is 0.845. The van der Waals surface area contributed by atoms with Crippen molar-refractivity contribution < 1.29 is 8.42 Å². The monoisotopic (exact) mass is 321 g/mol. The highest BCUT2D eigenvalue weighted by atomic mass is 35.5. The maximum atomic E-state index is 12.6. The van der Waals surface area contributed by atoms with Crippen molar-refractivity contribution in [3.05, 3.63) is 28.2 Å². The third-order valence-electron chi connectivity index (χ3n) is 3.64. The molecule has 1 aromatic rings. The molecule has 0 saturated heterocycles. The highest BCUT2D eigenvalue weighted by molar-refractivity contribution is 7.89. The molecule has 3 nitrogen and oxygen atoms in total. The molecular formula is C13H17Cl2NO2S. The van der Waals surface area contributed by atoms with Crippen LogP contribution in [-0.2, 0) is 10.0 Å². The van der Waals surface area contributed by atoms with Crippen molar-refractivity contribution in [2.45, 2.75) is 43.0 Å². The minimum Gasteiger partial charge on any atom is -0.207 e. The molecule has 1 saturated carbocycles. The summed E-state index contributed by atoms with van der Waals surface area (Å²) < 4.78 is 26.6. The van der Waals surface area contributed by atoms with E-state index in [0.717, 1.165) is 25.7 Å². The van der Waals surface area contributed by atoms with Gasteiger partial charge in [0.1, 0.15) is 4.90 Å². The third kappa shape index (κ3) is 3.24. The first-order valence-corrected chi connectivity index (χ1v) is 8.55. The fourth-order valence-corrected chi connectivity index (χ4v) is 4.62. The second-order valence-corrected chi connectivity index (χ2v) is 7.70. The number of sulfonamides is 1. The number of halogens is 2. The first kappa shape index (κ1) is 15.1. The summed E-state index contributed by atoms with van der Waals surface area (Å²) in [5.74, 6) is 0. The van der Waals surface area contributed by atoms with E-state index in [1.54, 1.807) is 13.1 Å². The maximum absolute atomic E-state index is 12.6. The van der Waals surface area contributed by atoms with E-state index in [-0.39, 0.29) is 16.0 Å². The average Bonchev–Trinajstić information content (AvgIpc) is 2.41. The molecule has 0 radical (unpaired) electrons. The summed E-state index contributed by atoms with van der Waals surface area (Å²) in [6.07, 6.45) is 5.16. The van der Waals surface area contributed by atoms with Gasteiger partial charge in [-0.05, 0) is 31.0 Å². The maximum Gasteiger partial charge on any atom is 0.244 e. The van der Waals surface area contributed by atoms with Crippen LogP contribution in [0.25, 0.3) is 0 Å². The molecule has 1 aromatic carbocycles. The minimum absolute atomic E-state index is 0.0637. The Bertz CT molecular complexity index is 554. The molecule has 0 aliphatic heterocycles. The molecule has 0 atom stereocenters. The SMILES string of the molecule is CN(C1CCCCC1)S(=O)(=O)c1cc(Cl)ccc1Cl. The molecule has 0 bridgehead atoms. The number of benzene rings is 1. The van der Waals surface area contributed by atoms with Gasteiger partial charge < -0.3 is 0 Å². The Kier molecular flexibility index (Phi) is 4.77. The third-order valence-corrected chi connectivity index (χ3v) is 6.27. The van der Waals surface area contributed by atoms with Crippen molar-refractivity contribution in [2.24, 2.45) is 0 Å². The molecular weight excluding hydrogens is 305 g/mol. The van der Waals surface area contributed by atoms with Gasteiger partial charge in [0.15, 0.2) is 0 Å². The van der Waals surface area contributed by atoms with Gasteiger partial charge in [-0.2, -0.15) is 4.31 Å². The predicted molar refractivity (Wildman–Crippen MR) is 78.3 cm³/mol. The van der Waals surface area contributed by atoms with E-state index in [1.165, 1.54) is 22.9 Å². The summed E-state index contributed by atoms with van der Waals surface area (Å²) in [7, 11) is -1.95. The molecule has 0 unspecified atom stereocenters. The van der Waals surface area contributed by atoms with Gasteiger partial charge in [0.2, 0.25) is 10.0 Å². The Morgan fingerprint density at radius 1 is 1.16 bits per heavy atom. The Hall–Kier alpha value is -0.290. The van der Waals surface area contributed by atoms with Gasteiger partial charge in [0.05, 0.1) is 5.02 Å². The first-order chi connectivity index (χ1) is 8.93. The lowest BCUT2D eigenvalue weighted by Crippen LogP contribution is -2.38. The smallest absolute Gasteiger partial charge is 0.207 e. The summed E-state index contributed by atoms with van der Waals surface area (Å²) in [5.41, 5.74) is 0. The molecule has 6 heteroatoms. The van der Waals surface area contributed by atoms with E-state index >= 15 is 0 Å². The predicted octanol–water partition coefficient (Wildman–Crippen LogP) is 3.95. The largest absolute Gasteiger partial charge is 0.244 e. The Morgan fingerprint density at radius 2 is 1.79 bits per heavy atom. The van der Waals surface area contributed by atoms with Crippen LogP contribution in [-0.4, -0.2) is 25.8 Å². The molecule has 1 fully saturated rings. The zero-order valence-electron chi connectivity index (χ0n) is 10.8. The standard InChI is InChI=1S/C13H17Cl2NO2S/c1-16(11-5-3-2-4-6-11)19(17,18)13-9-10(14)7-8-12(13)15/h7-9,11H,2-6H2,1H3. The lowest BCUT2D eigenvalue weighted by molar-refractivity contribution is 0.286. The molecule has 0 spiro atoms. The number of hydrogen-bond donors (Lipinski definition) is 0. The van der Waals surface area contributed by atoms with Crippen molar-refractivity contribution in [1.82, 2.24) is 4.31 Å². The zero-order valence-corrected chi connectivity index (χ0v) is 13.1. The van der Waals surface area contributed by atoms with Crippen molar-refractivity contribution in [3.8, 4) is 0 Å². The van der Waals surface area contributed by atoms with Gasteiger partial charge in [-0.15, -0.1) is 0 Å². The molecule has 1 aliphatic carbocycles. The van der Waals surface area contributed by atoms with Crippen LogP contribution < -0.4 is 0 Å². The Morgan fingerprint density at radius 3 is 2.42 bits per heavy atom. The molecule has 0 heterocycles. The highest BCUT2D eigenvalue weighted by Gasteiger charge is 2.30. The molecule has 0 aromatic heterocycles. The average molecular weight is 322 g/mol. The summed E-state index contributed by atoms with van der Waals surface area (Å²) in [6.45, 7) is 0. The fourth-order valence-electron chi connectivity index (χ4n) is 2.47. The van der Waals surface area contributed by atoms with Crippen molar-refractivity contribution in [2.75, 3.05) is 7.05 Å². The lowest BCUT2D eigenvalue weighted by Gasteiger charge is -2.30. The Labute approximate surface area is 124 Å². The lowest BCUT2D eigenvalue weighted by atomic mass is 9.96. The van der Waals surface area contributed by atoms with Crippen LogP contribution in [0.1, 0.15) is 32.1 Å². The summed E-state index contributed by atoms with van der Waals surface area (Å²) in [5, 5.41) is 0.590. The van der Waals surface area contributed by atoms with Gasteiger partial charge in [-0.25, -0.2) is 8.42 Å². The van der Waals surface area contributed by atoms with E-state index in [9.17, 15) is 8.42 Å². The second-order valence-electron chi connectivity index (χ2n) is 4.89. The van der Waals surface area contributed by atoms with Gasteiger partial charge in [-0.1, -0.05) is 42.5 Å². The molecule has 2 rings (SSSR count). The van der Waals surface area contributed by atoms with Crippen molar-refractivity contribution >= 4 is 33.2 Å². The summed E-state index contributed by atoms with van der Waals surface area (Å²) in [6, 6.07) is 4.59. The topological polar surface area (TPSA) is 37.4 Å². The van der Waals surface area contributed by atoms with E-state index in [2.05, 4.69) is 0 Å². The highest BCUT2D eigenvalue weighted by Crippen LogP contribution is 2.31. The minimum atomic E-state index is -3.57. The van der Waals surface area contributed by atoms with Crippen LogP contribution in [0.4, 0.5) is 0 Å². The van der Waals surface area contributed by atoms with Crippen molar-refractivity contribution in [3.63, 3.8) is 0 Å². The number of nitrogens with zero attached hydrogens (tertiary/aromatic N) is 1. The van der Waals surface area contributed by atoms with Crippen LogP contribution in [0.2, 0.25) is 10.0 Å². The van der Waals surface area contributed by atoms with Crippen molar-refractivity contribution in [1.29, 1.82) is 0 Å². The zero-order chi connectivity index (χ0) is 14.0. The van der Waals surface area contributed by atoms with Gasteiger partial charge in [0, 0.05) is 18.1 Å². The summed E-state index contributed by atoms with van der Waals surface area (Å²) in [4.78, 5) is 0.0924. The molecule has 0 amide bonds. The number of rotatable bonds is 3. The van der Waals surface area contributed by atoms with E-state index < -0.39 is 10.0 Å². The molecule has 1 aliphatic rings. The van der Waals surface area contributed by atoms with Crippen LogP contribution in [0, 0.1) is 0 Å². The Balaban J connectivity index is 2.33. The van der Waals surface area contributed by atoms with Gasteiger partial charge in [-0.3, -0.25) is 0 Å². The summed E-state index contributed by atoms with van der Waals surface area (Å²) >= 11 is 11.9. The van der Waals surface area contributed by atoms with E-state index in [1.807, 2.05) is 0 Å². The van der Waals surface area contributed by atoms with E-state index in [4.69, 9.17) is 23.2 Å². The van der Waals surface area contributed by atoms with E-state index in [0.29, 0.717) is 5.02 Å². The van der Waals surface area contributed by atoms with Crippen LogP contribution in [0.3, 0.4) is 0 Å². The fraction of sp³-hybridized carbons (Fsp3) is 0.538. The van der Waals surface area contributed by atoms with Crippen LogP contribution in [0.15, 0.2) is 23.1 Å². The molecule has 0 N–H and O–H groups in total. The van der Waals surface area contributed by atoms with Crippen LogP contribution in [0.5, 0.6) is 0 Å². The first-order valence-electron chi connectivity index (χ1n) is 6.36. The molecule has 106 valence electrons. The van der Waals surface area contributed by atoms with Gasteiger partial charge >= 0.3 is 0 Å². The normalized spacial score (nSPS) is 17.9. The molecule has 19 heavy (non-hydrogen) atoms. The van der Waals surface area contributed by atoms with Gasteiger partial charge in [0.25, 0.3) is 0 Å².